The molecule has 0 saturated heterocycles. The van der Waals surface area contributed by atoms with Gasteiger partial charge in [-0.05, 0) is 30.5 Å². The van der Waals surface area contributed by atoms with Crippen LogP contribution in [0.4, 0.5) is 0 Å². The first-order valence-corrected chi connectivity index (χ1v) is 8.06. The van der Waals surface area contributed by atoms with Crippen LogP contribution in [-0.2, 0) is 7.05 Å². The molecule has 1 aromatic carbocycles. The quantitative estimate of drug-likeness (QED) is 0.850. The fourth-order valence-corrected chi connectivity index (χ4v) is 3.24. The summed E-state index contributed by atoms with van der Waals surface area (Å²) in [7, 11) is 1.99. The molecule has 1 fully saturated rings. The number of hydrogen-bond donors (Lipinski definition) is 2. The number of imidazole rings is 1. The minimum atomic E-state index is -0.459. The summed E-state index contributed by atoms with van der Waals surface area (Å²) < 4.78 is 2.00. The molecule has 2 N–H and O–H groups in total. The van der Waals surface area contributed by atoms with Gasteiger partial charge in [-0.15, -0.1) is 0 Å². The van der Waals surface area contributed by atoms with Gasteiger partial charge in [-0.3, -0.25) is 0 Å². The molecular weight excluding hydrogens is 262 g/mol. The van der Waals surface area contributed by atoms with E-state index in [1.165, 1.54) is 38.5 Å². The molecule has 0 aliphatic heterocycles. The molecule has 114 valence electrons. The second-order valence-corrected chi connectivity index (χ2v) is 6.22. The van der Waals surface area contributed by atoms with Crippen LogP contribution in [0.5, 0.6) is 0 Å². The molecule has 0 amide bonds. The van der Waals surface area contributed by atoms with E-state index in [-0.39, 0.29) is 0 Å². The van der Waals surface area contributed by atoms with E-state index in [0.29, 0.717) is 12.6 Å². The van der Waals surface area contributed by atoms with E-state index in [2.05, 4.69) is 10.3 Å². The van der Waals surface area contributed by atoms with Crippen LogP contribution in [0.2, 0.25) is 0 Å². The van der Waals surface area contributed by atoms with Crippen molar-refractivity contribution in [2.75, 3.05) is 6.54 Å². The number of aromatic nitrogens is 2. The lowest BCUT2D eigenvalue weighted by atomic mass is 10.1. The summed E-state index contributed by atoms with van der Waals surface area (Å²) in [6, 6.07) is 6.60. The van der Waals surface area contributed by atoms with Crippen molar-refractivity contribution in [1.29, 1.82) is 0 Å². The first-order valence-electron chi connectivity index (χ1n) is 8.06. The molecule has 1 aliphatic carbocycles. The van der Waals surface area contributed by atoms with Gasteiger partial charge in [0.1, 0.15) is 0 Å². The molecule has 2 aromatic rings. The van der Waals surface area contributed by atoms with Gasteiger partial charge in [-0.25, -0.2) is 4.98 Å². The molecule has 1 heterocycles. The SMILES string of the molecule is Cn1cnc2cc(C(O)CNC3CCCCCC3)ccc21. The normalized spacial score (nSPS) is 18.8. The smallest absolute Gasteiger partial charge is 0.0955 e. The highest BCUT2D eigenvalue weighted by Crippen LogP contribution is 2.21. The Hall–Kier alpha value is -1.39. The molecule has 1 aliphatic rings. The van der Waals surface area contributed by atoms with Crippen LogP contribution in [0.15, 0.2) is 24.5 Å². The van der Waals surface area contributed by atoms with Crippen molar-refractivity contribution in [3.63, 3.8) is 0 Å². The van der Waals surface area contributed by atoms with Gasteiger partial charge < -0.3 is 15.0 Å². The van der Waals surface area contributed by atoms with E-state index < -0.39 is 6.10 Å². The van der Waals surface area contributed by atoms with E-state index in [9.17, 15) is 5.11 Å². The zero-order valence-corrected chi connectivity index (χ0v) is 12.8. The van der Waals surface area contributed by atoms with Crippen LogP contribution < -0.4 is 5.32 Å². The maximum atomic E-state index is 10.4. The van der Waals surface area contributed by atoms with Gasteiger partial charge in [0.05, 0.1) is 23.5 Å². The van der Waals surface area contributed by atoms with Gasteiger partial charge in [0.2, 0.25) is 0 Å². The molecule has 0 spiro atoms. The summed E-state index contributed by atoms with van der Waals surface area (Å²) in [6.07, 6.45) is 9.18. The van der Waals surface area contributed by atoms with Crippen molar-refractivity contribution in [2.24, 2.45) is 7.05 Å². The lowest BCUT2D eigenvalue weighted by Crippen LogP contribution is -2.32. The first kappa shape index (κ1) is 14.5. The number of nitrogens with one attached hydrogen (secondary N) is 1. The van der Waals surface area contributed by atoms with Crippen molar-refractivity contribution >= 4 is 11.0 Å². The fourth-order valence-electron chi connectivity index (χ4n) is 3.24. The van der Waals surface area contributed by atoms with E-state index in [0.717, 1.165) is 16.6 Å². The van der Waals surface area contributed by atoms with Gasteiger partial charge >= 0.3 is 0 Å². The Morgan fingerprint density at radius 2 is 2.05 bits per heavy atom. The van der Waals surface area contributed by atoms with Crippen LogP contribution in [0.3, 0.4) is 0 Å². The van der Waals surface area contributed by atoms with E-state index in [1.54, 1.807) is 0 Å². The zero-order valence-electron chi connectivity index (χ0n) is 12.8. The standard InChI is InChI=1S/C17H25N3O/c1-20-12-19-15-10-13(8-9-16(15)20)17(21)11-18-14-6-4-2-3-5-7-14/h8-10,12,14,17-18,21H,2-7,11H2,1H3. The van der Waals surface area contributed by atoms with Crippen molar-refractivity contribution in [3.8, 4) is 0 Å². The molecule has 0 radical (unpaired) electrons. The molecule has 1 saturated carbocycles. The summed E-state index contributed by atoms with van der Waals surface area (Å²) in [4.78, 5) is 4.36. The third kappa shape index (κ3) is 3.44. The van der Waals surface area contributed by atoms with Gasteiger partial charge in [0.15, 0.2) is 0 Å². The second-order valence-electron chi connectivity index (χ2n) is 6.22. The van der Waals surface area contributed by atoms with Crippen LogP contribution >= 0.6 is 0 Å². The van der Waals surface area contributed by atoms with Crippen LogP contribution in [0.1, 0.15) is 50.2 Å². The lowest BCUT2D eigenvalue weighted by molar-refractivity contribution is 0.168. The Morgan fingerprint density at radius 3 is 2.81 bits per heavy atom. The molecule has 4 nitrogen and oxygen atoms in total. The Kier molecular flexibility index (Phi) is 4.56. The third-order valence-corrected chi connectivity index (χ3v) is 4.59. The van der Waals surface area contributed by atoms with Crippen molar-refractivity contribution < 1.29 is 5.11 Å². The third-order valence-electron chi connectivity index (χ3n) is 4.59. The fraction of sp³-hybridized carbons (Fsp3) is 0.588. The summed E-state index contributed by atoms with van der Waals surface area (Å²) in [5, 5.41) is 13.9. The van der Waals surface area contributed by atoms with Gasteiger partial charge in [0.25, 0.3) is 0 Å². The predicted molar refractivity (Wildman–Crippen MR) is 85.2 cm³/mol. The average Bonchev–Trinajstić information content (AvgIpc) is 2.72. The highest BCUT2D eigenvalue weighted by Gasteiger charge is 2.15. The number of aliphatic hydroxyl groups excluding tert-OH is 1. The number of nitrogens with zero attached hydrogens (tertiary/aromatic N) is 2. The predicted octanol–water partition coefficient (Wildman–Crippen LogP) is 2.92. The molecule has 3 rings (SSSR count). The Labute approximate surface area is 126 Å². The monoisotopic (exact) mass is 287 g/mol. The largest absolute Gasteiger partial charge is 0.387 e. The topological polar surface area (TPSA) is 50.1 Å². The number of fused-ring (bicyclic) bond motifs is 1. The Morgan fingerprint density at radius 1 is 1.29 bits per heavy atom. The summed E-state index contributed by atoms with van der Waals surface area (Å²) in [5.74, 6) is 0. The van der Waals surface area contributed by atoms with E-state index in [4.69, 9.17) is 0 Å². The van der Waals surface area contributed by atoms with Crippen molar-refractivity contribution in [2.45, 2.75) is 50.7 Å². The molecule has 0 bridgehead atoms. The molecular formula is C17H25N3O. The maximum Gasteiger partial charge on any atom is 0.0955 e. The van der Waals surface area contributed by atoms with Crippen molar-refractivity contribution in [1.82, 2.24) is 14.9 Å². The van der Waals surface area contributed by atoms with Crippen LogP contribution in [0.25, 0.3) is 11.0 Å². The Bertz CT molecular complexity index is 585. The molecule has 4 heteroatoms. The van der Waals surface area contributed by atoms with Gasteiger partial charge in [-0.2, -0.15) is 0 Å². The highest BCUT2D eigenvalue weighted by molar-refractivity contribution is 5.76. The second kappa shape index (κ2) is 6.58. The molecule has 1 aromatic heterocycles. The van der Waals surface area contributed by atoms with Gasteiger partial charge in [0, 0.05) is 19.6 Å². The molecule has 21 heavy (non-hydrogen) atoms. The minimum absolute atomic E-state index is 0.459. The summed E-state index contributed by atoms with van der Waals surface area (Å²) in [6.45, 7) is 0.628. The molecule has 1 unspecified atom stereocenters. The number of benzene rings is 1. The van der Waals surface area contributed by atoms with Crippen LogP contribution in [0, 0.1) is 0 Å². The zero-order chi connectivity index (χ0) is 14.7. The lowest BCUT2D eigenvalue weighted by Gasteiger charge is -2.19. The number of rotatable bonds is 4. The number of hydrogen-bond acceptors (Lipinski definition) is 3. The maximum absolute atomic E-state index is 10.4. The van der Waals surface area contributed by atoms with Gasteiger partial charge in [-0.1, -0.05) is 31.7 Å². The van der Waals surface area contributed by atoms with Crippen molar-refractivity contribution in [3.05, 3.63) is 30.1 Å². The first-order chi connectivity index (χ1) is 10.2. The summed E-state index contributed by atoms with van der Waals surface area (Å²) in [5.41, 5.74) is 2.99. The summed E-state index contributed by atoms with van der Waals surface area (Å²) >= 11 is 0. The highest BCUT2D eigenvalue weighted by atomic mass is 16.3. The Balaban J connectivity index is 1.61. The van der Waals surface area contributed by atoms with E-state index in [1.807, 2.05) is 36.1 Å². The number of aryl methyl sites for hydroxylation is 1. The number of aliphatic hydroxyl groups is 1. The average molecular weight is 287 g/mol. The van der Waals surface area contributed by atoms with E-state index >= 15 is 0 Å². The minimum Gasteiger partial charge on any atom is -0.387 e. The molecule has 1 atom stereocenters. The van der Waals surface area contributed by atoms with Crippen LogP contribution in [-0.4, -0.2) is 27.2 Å².